The number of carbonyl (C=O) groups is 2. The van der Waals surface area contributed by atoms with Crippen molar-refractivity contribution in [1.29, 1.82) is 0 Å². The molecule has 2 aromatic carbocycles. The fraction of sp³-hybridized carbons (Fsp3) is 0.379. The predicted octanol–water partition coefficient (Wildman–Crippen LogP) is 4.36. The fourth-order valence-electron chi connectivity index (χ4n) is 5.53. The number of methoxy groups -OCH3 is 2. The number of piperazine rings is 1. The minimum absolute atomic E-state index is 0.0195. The van der Waals surface area contributed by atoms with Crippen LogP contribution >= 0.6 is 11.6 Å². The van der Waals surface area contributed by atoms with Gasteiger partial charge in [0.05, 0.1) is 38.1 Å². The normalized spacial score (nSPS) is 20.5. The first-order chi connectivity index (χ1) is 18.9. The minimum Gasteiger partial charge on any atom is -0.493 e. The lowest BCUT2D eigenvalue weighted by atomic mass is 9.98. The van der Waals surface area contributed by atoms with Gasteiger partial charge in [-0.2, -0.15) is 0 Å². The van der Waals surface area contributed by atoms with Gasteiger partial charge in [0.2, 0.25) is 5.91 Å². The van der Waals surface area contributed by atoms with Crippen LogP contribution in [0.2, 0.25) is 5.02 Å². The van der Waals surface area contributed by atoms with Crippen LogP contribution in [0.5, 0.6) is 11.5 Å². The van der Waals surface area contributed by atoms with Crippen LogP contribution in [0.3, 0.4) is 0 Å². The maximum Gasteiger partial charge on any atom is 0.304 e. The first-order valence-electron chi connectivity index (χ1n) is 13.0. The first-order valence-corrected chi connectivity index (χ1v) is 13.3. The number of carboxylic acid groups (broad SMARTS) is 1. The van der Waals surface area contributed by atoms with E-state index in [0.29, 0.717) is 42.6 Å². The summed E-state index contributed by atoms with van der Waals surface area (Å²) >= 11 is 6.47. The average Bonchev–Trinajstić information content (AvgIpc) is 3.37. The van der Waals surface area contributed by atoms with Crippen LogP contribution in [0, 0.1) is 0 Å². The molecule has 1 amide bonds. The molecular weight excluding hydrogens is 522 g/mol. The SMILES string of the molecule is COc1cccc([C@H]2O[C@H](CCC(=O)N3CCNC(CC(=O)O)C3)c3cccn3-c3ccc(Cl)cc32)c1OC. The van der Waals surface area contributed by atoms with Gasteiger partial charge in [-0.25, -0.2) is 0 Å². The van der Waals surface area contributed by atoms with Crippen LogP contribution in [-0.2, 0) is 14.3 Å². The summed E-state index contributed by atoms with van der Waals surface area (Å²) in [6.07, 6.45) is 1.72. The third-order valence-electron chi connectivity index (χ3n) is 7.31. The number of halogens is 1. The molecule has 39 heavy (non-hydrogen) atoms. The van der Waals surface area contributed by atoms with Gasteiger partial charge in [-0.1, -0.05) is 23.7 Å². The molecule has 3 heterocycles. The number of rotatable bonds is 8. The number of amides is 1. The summed E-state index contributed by atoms with van der Waals surface area (Å²) in [5, 5.41) is 12.9. The van der Waals surface area contributed by atoms with E-state index in [9.17, 15) is 9.59 Å². The molecule has 2 aliphatic rings. The van der Waals surface area contributed by atoms with Gasteiger partial charge in [-0.3, -0.25) is 9.59 Å². The maximum atomic E-state index is 13.2. The summed E-state index contributed by atoms with van der Waals surface area (Å²) in [5.41, 5.74) is 3.53. The predicted molar refractivity (Wildman–Crippen MR) is 146 cm³/mol. The second kappa shape index (κ2) is 11.7. The number of benzene rings is 2. The molecule has 1 aromatic heterocycles. The smallest absolute Gasteiger partial charge is 0.304 e. The molecule has 0 aliphatic carbocycles. The molecule has 2 aliphatic heterocycles. The third-order valence-corrected chi connectivity index (χ3v) is 7.54. The number of ether oxygens (including phenoxy) is 3. The number of aliphatic carboxylic acids is 1. The van der Waals surface area contributed by atoms with Crippen molar-refractivity contribution >= 4 is 23.5 Å². The summed E-state index contributed by atoms with van der Waals surface area (Å²) in [7, 11) is 3.19. The zero-order valence-corrected chi connectivity index (χ0v) is 22.7. The highest BCUT2D eigenvalue weighted by Gasteiger charge is 2.34. The third kappa shape index (κ3) is 5.61. The number of nitrogens with zero attached hydrogens (tertiary/aromatic N) is 2. The van der Waals surface area contributed by atoms with E-state index in [1.807, 2.05) is 54.7 Å². The van der Waals surface area contributed by atoms with Crippen LogP contribution < -0.4 is 14.8 Å². The van der Waals surface area contributed by atoms with Crippen molar-refractivity contribution in [2.75, 3.05) is 33.9 Å². The van der Waals surface area contributed by atoms with Gasteiger partial charge in [0.15, 0.2) is 11.5 Å². The molecule has 2 N–H and O–H groups in total. The quantitative estimate of drug-likeness (QED) is 0.427. The molecule has 5 rings (SSSR count). The first kappa shape index (κ1) is 27.1. The standard InChI is InChI=1S/C29H32ClN3O6/c1-37-25-7-3-5-20(29(25)38-2)28-21-15-18(30)8-9-22(21)33-13-4-6-23(33)24(39-28)10-11-26(34)32-14-12-31-19(17-32)16-27(35)36/h3-9,13,15,19,24,28,31H,10-12,14,16-17H2,1-2H3,(H,35,36)/t19?,24-,28-/m1/s1. The van der Waals surface area contributed by atoms with Crippen LogP contribution in [0.25, 0.3) is 5.69 Å². The summed E-state index contributed by atoms with van der Waals surface area (Å²) < 4.78 is 20.2. The number of fused-ring (bicyclic) bond motifs is 3. The Labute approximate surface area is 232 Å². The number of hydrogen-bond donors (Lipinski definition) is 2. The highest BCUT2D eigenvalue weighted by atomic mass is 35.5. The number of carboxylic acids is 1. The second-order valence-corrected chi connectivity index (χ2v) is 10.2. The van der Waals surface area contributed by atoms with E-state index in [2.05, 4.69) is 9.88 Å². The Hall–Kier alpha value is -3.53. The van der Waals surface area contributed by atoms with E-state index in [4.69, 9.17) is 30.9 Å². The highest BCUT2D eigenvalue weighted by Crippen LogP contribution is 2.46. The van der Waals surface area contributed by atoms with Crippen molar-refractivity contribution in [1.82, 2.24) is 14.8 Å². The molecule has 0 spiro atoms. The Kier molecular flexibility index (Phi) is 8.11. The van der Waals surface area contributed by atoms with Crippen molar-refractivity contribution in [2.45, 2.75) is 37.5 Å². The lowest BCUT2D eigenvalue weighted by molar-refractivity contribution is -0.139. The van der Waals surface area contributed by atoms with E-state index >= 15 is 0 Å². The molecule has 3 aromatic rings. The molecule has 10 heteroatoms. The molecule has 206 valence electrons. The maximum absolute atomic E-state index is 13.2. The molecule has 1 saturated heterocycles. The average molecular weight is 554 g/mol. The van der Waals surface area contributed by atoms with Crippen LogP contribution in [-0.4, -0.2) is 66.3 Å². The van der Waals surface area contributed by atoms with Gasteiger partial charge >= 0.3 is 5.97 Å². The number of hydrogen-bond acceptors (Lipinski definition) is 6. The Balaban J connectivity index is 1.46. The van der Waals surface area contributed by atoms with Gasteiger partial charge in [-0.05, 0) is 42.8 Å². The summed E-state index contributed by atoms with van der Waals surface area (Å²) in [6.45, 7) is 1.49. The Morgan fingerprint density at radius 3 is 2.74 bits per heavy atom. The molecule has 0 bridgehead atoms. The van der Waals surface area contributed by atoms with Gasteiger partial charge in [0.1, 0.15) is 6.10 Å². The van der Waals surface area contributed by atoms with Gasteiger partial charge in [-0.15, -0.1) is 0 Å². The molecule has 0 saturated carbocycles. The van der Waals surface area contributed by atoms with E-state index in [-0.39, 0.29) is 24.8 Å². The fourth-order valence-corrected chi connectivity index (χ4v) is 5.71. The number of para-hydroxylation sites is 1. The Bertz CT molecular complexity index is 1360. The lowest BCUT2D eigenvalue weighted by Gasteiger charge is -2.33. The Morgan fingerprint density at radius 1 is 1.13 bits per heavy atom. The summed E-state index contributed by atoms with van der Waals surface area (Å²) in [5.74, 6) is 0.261. The molecule has 1 unspecified atom stereocenters. The minimum atomic E-state index is -0.881. The topological polar surface area (TPSA) is 102 Å². The van der Waals surface area contributed by atoms with Crippen LogP contribution in [0.1, 0.15) is 48.3 Å². The Morgan fingerprint density at radius 2 is 1.97 bits per heavy atom. The van der Waals surface area contributed by atoms with E-state index in [0.717, 1.165) is 22.5 Å². The van der Waals surface area contributed by atoms with Crippen LogP contribution in [0.4, 0.5) is 0 Å². The molecule has 1 fully saturated rings. The van der Waals surface area contributed by atoms with E-state index in [1.54, 1.807) is 19.1 Å². The van der Waals surface area contributed by atoms with Gasteiger partial charge in [0.25, 0.3) is 0 Å². The van der Waals surface area contributed by atoms with Crippen molar-refractivity contribution in [2.24, 2.45) is 0 Å². The van der Waals surface area contributed by atoms with Crippen molar-refractivity contribution < 1.29 is 28.9 Å². The lowest BCUT2D eigenvalue weighted by Crippen LogP contribution is -2.53. The summed E-state index contributed by atoms with van der Waals surface area (Å²) in [4.78, 5) is 26.1. The van der Waals surface area contributed by atoms with Crippen molar-refractivity contribution in [3.05, 3.63) is 76.6 Å². The number of nitrogens with one attached hydrogen (secondary N) is 1. The van der Waals surface area contributed by atoms with Crippen LogP contribution in [0.15, 0.2) is 54.7 Å². The molecular formula is C29H32ClN3O6. The van der Waals surface area contributed by atoms with Gasteiger partial charge in [0, 0.05) is 54.4 Å². The number of carbonyl (C=O) groups excluding carboxylic acids is 1. The molecule has 0 radical (unpaired) electrons. The molecule has 3 atom stereocenters. The van der Waals surface area contributed by atoms with Crippen molar-refractivity contribution in [3.8, 4) is 17.2 Å². The van der Waals surface area contributed by atoms with E-state index < -0.39 is 18.2 Å². The second-order valence-electron chi connectivity index (χ2n) is 9.72. The highest BCUT2D eigenvalue weighted by molar-refractivity contribution is 6.30. The number of aromatic nitrogens is 1. The van der Waals surface area contributed by atoms with Gasteiger partial charge < -0.3 is 34.1 Å². The van der Waals surface area contributed by atoms with Crippen molar-refractivity contribution in [3.63, 3.8) is 0 Å². The molecule has 9 nitrogen and oxygen atoms in total. The zero-order valence-electron chi connectivity index (χ0n) is 21.9. The van der Waals surface area contributed by atoms with E-state index in [1.165, 1.54) is 0 Å². The monoisotopic (exact) mass is 553 g/mol. The largest absolute Gasteiger partial charge is 0.493 e. The summed E-state index contributed by atoms with van der Waals surface area (Å²) in [6, 6.07) is 15.1. The zero-order chi connectivity index (χ0) is 27.5.